The molecule has 1 fully saturated rings. The van der Waals surface area contributed by atoms with Crippen molar-refractivity contribution in [1.82, 2.24) is 9.55 Å². The molecular weight excluding hydrogens is 478 g/mol. The van der Waals surface area contributed by atoms with Gasteiger partial charge in [-0.05, 0) is 54.7 Å². The number of ether oxygens (including phenoxy) is 3. The standard InChI is InChI=1S/C31H33N3O4/c1-21(2)24-9-3-6-12-27(24)36-16-8-7-15-33-26-11-5-4-10-25(26)32-31(33)22-17-30(35)34(19-22)23-13-14-28-29(18-23)38-20-37-28/h3-6,9-14,18,21-22H,7-8,15-17,19-20H2,1-2H3. The predicted octanol–water partition coefficient (Wildman–Crippen LogP) is 6.27. The molecule has 0 spiro atoms. The molecule has 1 saturated heterocycles. The van der Waals surface area contributed by atoms with E-state index in [0.29, 0.717) is 31.2 Å². The van der Waals surface area contributed by atoms with Crippen molar-refractivity contribution >= 4 is 22.6 Å². The molecule has 7 heteroatoms. The van der Waals surface area contributed by atoms with Crippen LogP contribution in [-0.2, 0) is 11.3 Å². The summed E-state index contributed by atoms with van der Waals surface area (Å²) in [5.74, 6) is 3.91. The lowest BCUT2D eigenvalue weighted by Gasteiger charge is -2.18. The van der Waals surface area contributed by atoms with Crippen molar-refractivity contribution in [2.24, 2.45) is 0 Å². The third-order valence-electron chi connectivity index (χ3n) is 7.42. The third kappa shape index (κ3) is 4.69. The lowest BCUT2D eigenvalue weighted by atomic mass is 10.0. The van der Waals surface area contributed by atoms with Crippen LogP contribution in [0.3, 0.4) is 0 Å². The summed E-state index contributed by atoms with van der Waals surface area (Å²) in [5.41, 5.74) is 4.16. The fourth-order valence-corrected chi connectivity index (χ4v) is 5.47. The van der Waals surface area contributed by atoms with E-state index in [0.717, 1.165) is 53.4 Å². The number of carbonyl (C=O) groups is 1. The number of aryl methyl sites for hydroxylation is 1. The number of hydrogen-bond donors (Lipinski definition) is 0. The summed E-state index contributed by atoms with van der Waals surface area (Å²) >= 11 is 0. The monoisotopic (exact) mass is 511 g/mol. The summed E-state index contributed by atoms with van der Waals surface area (Å²) in [6.45, 7) is 6.70. The summed E-state index contributed by atoms with van der Waals surface area (Å²) in [7, 11) is 0. The summed E-state index contributed by atoms with van der Waals surface area (Å²) in [6, 6.07) is 22.2. The number of nitrogens with zero attached hydrogens (tertiary/aromatic N) is 3. The van der Waals surface area contributed by atoms with Gasteiger partial charge in [-0.15, -0.1) is 0 Å². The average Bonchev–Trinajstić information content (AvgIpc) is 3.65. The van der Waals surface area contributed by atoms with Gasteiger partial charge in [0.2, 0.25) is 12.7 Å². The number of unbranched alkanes of at least 4 members (excludes halogenated alkanes) is 1. The van der Waals surface area contributed by atoms with E-state index in [1.807, 2.05) is 41.3 Å². The summed E-state index contributed by atoms with van der Waals surface area (Å²) < 4.78 is 19.4. The molecule has 3 aromatic carbocycles. The molecule has 1 aromatic heterocycles. The van der Waals surface area contributed by atoms with Gasteiger partial charge in [-0.2, -0.15) is 0 Å². The molecule has 1 atom stereocenters. The van der Waals surface area contributed by atoms with Crippen molar-refractivity contribution in [3.05, 3.63) is 78.1 Å². The number of hydrogen-bond acceptors (Lipinski definition) is 5. The Morgan fingerprint density at radius 2 is 1.82 bits per heavy atom. The van der Waals surface area contributed by atoms with E-state index >= 15 is 0 Å². The van der Waals surface area contributed by atoms with Crippen LogP contribution in [0.4, 0.5) is 5.69 Å². The van der Waals surface area contributed by atoms with Crippen LogP contribution in [0.15, 0.2) is 66.7 Å². The van der Waals surface area contributed by atoms with Crippen LogP contribution < -0.4 is 19.1 Å². The predicted molar refractivity (Wildman–Crippen MR) is 147 cm³/mol. The van der Waals surface area contributed by atoms with Crippen LogP contribution >= 0.6 is 0 Å². The van der Waals surface area contributed by atoms with Gasteiger partial charge in [-0.1, -0.05) is 44.2 Å². The van der Waals surface area contributed by atoms with E-state index in [9.17, 15) is 4.79 Å². The topological polar surface area (TPSA) is 65.8 Å². The molecule has 3 heterocycles. The number of amides is 1. The quantitative estimate of drug-likeness (QED) is 0.248. The van der Waals surface area contributed by atoms with Gasteiger partial charge in [-0.25, -0.2) is 4.98 Å². The Morgan fingerprint density at radius 1 is 1.00 bits per heavy atom. The molecule has 6 rings (SSSR count). The minimum atomic E-state index is 0.0227. The normalized spacial score (nSPS) is 16.7. The van der Waals surface area contributed by atoms with E-state index in [2.05, 4.69) is 48.7 Å². The fourth-order valence-electron chi connectivity index (χ4n) is 5.47. The van der Waals surface area contributed by atoms with Crippen LogP contribution in [0.1, 0.15) is 56.3 Å². The van der Waals surface area contributed by atoms with Crippen LogP contribution in [-0.4, -0.2) is 35.4 Å². The molecule has 0 bridgehead atoms. The number of fused-ring (bicyclic) bond motifs is 2. The van der Waals surface area contributed by atoms with E-state index < -0.39 is 0 Å². The fraction of sp³-hybridized carbons (Fsp3) is 0.355. The zero-order valence-electron chi connectivity index (χ0n) is 21.9. The maximum absolute atomic E-state index is 13.1. The van der Waals surface area contributed by atoms with E-state index in [1.54, 1.807) is 0 Å². The summed E-state index contributed by atoms with van der Waals surface area (Å²) in [6.07, 6.45) is 2.34. The van der Waals surface area contributed by atoms with E-state index in [-0.39, 0.29) is 18.6 Å². The molecule has 0 aliphatic carbocycles. The zero-order valence-corrected chi connectivity index (χ0v) is 21.9. The number of imidazole rings is 1. The molecule has 196 valence electrons. The van der Waals surface area contributed by atoms with Crippen molar-refractivity contribution in [2.45, 2.75) is 51.5 Å². The molecule has 2 aliphatic rings. The van der Waals surface area contributed by atoms with Gasteiger partial charge in [0.15, 0.2) is 11.5 Å². The van der Waals surface area contributed by atoms with Crippen molar-refractivity contribution in [3.8, 4) is 17.2 Å². The van der Waals surface area contributed by atoms with Crippen LogP contribution in [0.25, 0.3) is 11.0 Å². The molecule has 0 radical (unpaired) electrons. The van der Waals surface area contributed by atoms with Gasteiger partial charge in [0, 0.05) is 37.2 Å². The highest BCUT2D eigenvalue weighted by Crippen LogP contribution is 2.39. The van der Waals surface area contributed by atoms with Gasteiger partial charge < -0.3 is 23.7 Å². The summed E-state index contributed by atoms with van der Waals surface area (Å²) in [5, 5.41) is 0. The first-order valence-corrected chi connectivity index (χ1v) is 13.5. The minimum Gasteiger partial charge on any atom is -0.493 e. The Labute approximate surface area is 222 Å². The second-order valence-electron chi connectivity index (χ2n) is 10.3. The largest absolute Gasteiger partial charge is 0.493 e. The second kappa shape index (κ2) is 10.4. The molecule has 1 amide bonds. The number of rotatable bonds is 9. The first-order valence-electron chi connectivity index (χ1n) is 13.5. The van der Waals surface area contributed by atoms with Gasteiger partial charge >= 0.3 is 0 Å². The third-order valence-corrected chi connectivity index (χ3v) is 7.42. The van der Waals surface area contributed by atoms with Crippen molar-refractivity contribution in [3.63, 3.8) is 0 Å². The smallest absolute Gasteiger partial charge is 0.231 e. The Hall–Kier alpha value is -4.00. The van der Waals surface area contributed by atoms with Gasteiger partial charge in [0.1, 0.15) is 11.6 Å². The highest BCUT2D eigenvalue weighted by atomic mass is 16.7. The van der Waals surface area contributed by atoms with Gasteiger partial charge in [-0.3, -0.25) is 4.79 Å². The maximum Gasteiger partial charge on any atom is 0.231 e. The average molecular weight is 512 g/mol. The number of carbonyl (C=O) groups excluding carboxylic acids is 1. The van der Waals surface area contributed by atoms with E-state index in [4.69, 9.17) is 19.2 Å². The molecule has 2 aliphatic heterocycles. The van der Waals surface area contributed by atoms with Crippen LogP contribution in [0.2, 0.25) is 0 Å². The Morgan fingerprint density at radius 3 is 2.71 bits per heavy atom. The van der Waals surface area contributed by atoms with Crippen LogP contribution in [0, 0.1) is 0 Å². The minimum absolute atomic E-state index is 0.0227. The second-order valence-corrected chi connectivity index (χ2v) is 10.3. The molecule has 0 N–H and O–H groups in total. The molecule has 0 saturated carbocycles. The SMILES string of the molecule is CC(C)c1ccccc1OCCCCn1c(C2CC(=O)N(c3ccc4c(c3)OCO4)C2)nc2ccccc21. The summed E-state index contributed by atoms with van der Waals surface area (Å²) in [4.78, 5) is 19.9. The molecule has 4 aromatic rings. The Kier molecular flexibility index (Phi) is 6.66. The molecular formula is C31H33N3O4. The molecule has 38 heavy (non-hydrogen) atoms. The molecule has 1 unspecified atom stereocenters. The van der Waals surface area contributed by atoms with Crippen LogP contribution in [0.5, 0.6) is 17.2 Å². The lowest BCUT2D eigenvalue weighted by Crippen LogP contribution is -2.24. The zero-order chi connectivity index (χ0) is 26.1. The first-order chi connectivity index (χ1) is 18.6. The first kappa shape index (κ1) is 24.3. The number of para-hydroxylation sites is 3. The van der Waals surface area contributed by atoms with E-state index in [1.165, 1.54) is 5.56 Å². The maximum atomic E-state index is 13.1. The Balaban J connectivity index is 1.16. The number of anilines is 1. The number of aromatic nitrogens is 2. The van der Waals surface area contributed by atoms with Gasteiger partial charge in [0.05, 0.1) is 17.6 Å². The lowest BCUT2D eigenvalue weighted by molar-refractivity contribution is -0.117. The van der Waals surface area contributed by atoms with Crippen molar-refractivity contribution in [1.29, 1.82) is 0 Å². The molecule has 7 nitrogen and oxygen atoms in total. The van der Waals surface area contributed by atoms with Crippen molar-refractivity contribution in [2.75, 3.05) is 24.8 Å². The Bertz CT molecular complexity index is 1460. The van der Waals surface area contributed by atoms with Gasteiger partial charge in [0.25, 0.3) is 0 Å². The highest BCUT2D eigenvalue weighted by molar-refractivity contribution is 5.97. The number of benzene rings is 3. The highest BCUT2D eigenvalue weighted by Gasteiger charge is 2.35. The van der Waals surface area contributed by atoms with Crippen molar-refractivity contribution < 1.29 is 19.0 Å².